The first-order valence-electron chi connectivity index (χ1n) is 6.61. The molecule has 0 aromatic rings. The van der Waals surface area contributed by atoms with Gasteiger partial charge in [-0.1, -0.05) is 0 Å². The first-order chi connectivity index (χ1) is 7.96. The highest BCUT2D eigenvalue weighted by Crippen LogP contribution is 2.20. The van der Waals surface area contributed by atoms with Crippen LogP contribution in [0.5, 0.6) is 0 Å². The lowest BCUT2D eigenvalue weighted by molar-refractivity contribution is -0.137. The lowest BCUT2D eigenvalue weighted by Crippen LogP contribution is -2.57. The minimum absolute atomic E-state index is 0.246. The number of carbonyl (C=O) groups is 1. The molecule has 4 heteroatoms. The van der Waals surface area contributed by atoms with Gasteiger partial charge in [-0.2, -0.15) is 0 Å². The summed E-state index contributed by atoms with van der Waals surface area (Å²) in [5.41, 5.74) is -0.328. The average Bonchev–Trinajstić information content (AvgIpc) is 2.28. The number of likely N-dealkylation sites (N-methyl/N-ethyl adjacent to an activating group) is 1. The van der Waals surface area contributed by atoms with E-state index in [2.05, 4.69) is 24.3 Å². The number of hydrogen-bond donors (Lipinski definition) is 1. The molecule has 17 heavy (non-hydrogen) atoms. The lowest BCUT2D eigenvalue weighted by atomic mass is 9.89. The third kappa shape index (κ3) is 4.28. The van der Waals surface area contributed by atoms with E-state index in [-0.39, 0.29) is 11.4 Å². The van der Waals surface area contributed by atoms with Gasteiger partial charge >= 0.3 is 0 Å². The summed E-state index contributed by atoms with van der Waals surface area (Å²) in [5, 5.41) is 3.37. The highest BCUT2D eigenvalue weighted by molar-refractivity contribution is 5.85. The molecule has 0 spiro atoms. The van der Waals surface area contributed by atoms with Crippen molar-refractivity contribution in [3.8, 4) is 0 Å². The first kappa shape index (κ1) is 14.5. The molecule has 1 aliphatic heterocycles. The Labute approximate surface area is 105 Å². The van der Waals surface area contributed by atoms with E-state index in [1.54, 1.807) is 0 Å². The van der Waals surface area contributed by atoms with Crippen LogP contribution in [0.15, 0.2) is 0 Å². The van der Waals surface area contributed by atoms with Gasteiger partial charge in [0.05, 0.1) is 5.54 Å². The molecule has 0 saturated carbocycles. The van der Waals surface area contributed by atoms with E-state index in [0.29, 0.717) is 0 Å². The maximum atomic E-state index is 12.3. The van der Waals surface area contributed by atoms with Crippen LogP contribution in [-0.2, 0) is 4.79 Å². The minimum atomic E-state index is -0.328. The number of hydrogen-bond acceptors (Lipinski definition) is 3. The van der Waals surface area contributed by atoms with Gasteiger partial charge in [0, 0.05) is 13.6 Å². The van der Waals surface area contributed by atoms with Gasteiger partial charge in [0.15, 0.2) is 0 Å². The normalized spacial score (nSPS) is 25.0. The van der Waals surface area contributed by atoms with Crippen LogP contribution in [0.25, 0.3) is 0 Å². The third-order valence-corrected chi connectivity index (χ3v) is 3.54. The second-order valence-corrected chi connectivity index (χ2v) is 5.60. The maximum Gasteiger partial charge on any atom is 0.242 e. The topological polar surface area (TPSA) is 35.6 Å². The van der Waals surface area contributed by atoms with Crippen molar-refractivity contribution in [2.24, 2.45) is 0 Å². The van der Waals surface area contributed by atoms with Crippen LogP contribution < -0.4 is 5.32 Å². The van der Waals surface area contributed by atoms with Crippen molar-refractivity contribution < 1.29 is 4.79 Å². The van der Waals surface area contributed by atoms with E-state index < -0.39 is 0 Å². The van der Waals surface area contributed by atoms with Crippen molar-refractivity contribution in [2.45, 2.75) is 38.1 Å². The minimum Gasteiger partial charge on any atom is -0.344 e. The van der Waals surface area contributed by atoms with Crippen molar-refractivity contribution in [2.75, 3.05) is 40.8 Å². The van der Waals surface area contributed by atoms with Crippen LogP contribution in [0, 0.1) is 0 Å². The summed E-state index contributed by atoms with van der Waals surface area (Å²) in [4.78, 5) is 16.4. The molecule has 1 amide bonds. The predicted octanol–water partition coefficient (Wildman–Crippen LogP) is 0.929. The van der Waals surface area contributed by atoms with Crippen LogP contribution in [-0.4, -0.2) is 62.0 Å². The standard InChI is InChI=1S/C13H27N3O/c1-13(8-5-6-9-14-13)12(17)16(4)11-7-10-15(2)3/h14H,5-11H2,1-4H3. The fourth-order valence-electron chi connectivity index (χ4n) is 2.39. The molecule has 1 aliphatic rings. The summed E-state index contributed by atoms with van der Waals surface area (Å²) in [6.07, 6.45) is 4.34. The van der Waals surface area contributed by atoms with Crippen LogP contribution in [0.4, 0.5) is 0 Å². The third-order valence-electron chi connectivity index (χ3n) is 3.54. The molecule has 0 aromatic heterocycles. The van der Waals surface area contributed by atoms with Crippen LogP contribution in [0.2, 0.25) is 0 Å². The summed E-state index contributed by atoms with van der Waals surface area (Å²) >= 11 is 0. The molecule has 4 nitrogen and oxygen atoms in total. The van der Waals surface area contributed by atoms with Gasteiger partial charge in [0.25, 0.3) is 0 Å². The van der Waals surface area contributed by atoms with Gasteiger partial charge in [-0.15, -0.1) is 0 Å². The predicted molar refractivity (Wildman–Crippen MR) is 71.1 cm³/mol. The van der Waals surface area contributed by atoms with Gasteiger partial charge < -0.3 is 15.1 Å². The zero-order chi connectivity index (χ0) is 12.9. The van der Waals surface area contributed by atoms with Gasteiger partial charge in [-0.3, -0.25) is 4.79 Å². The number of nitrogens with zero attached hydrogens (tertiary/aromatic N) is 2. The van der Waals surface area contributed by atoms with Gasteiger partial charge in [0.2, 0.25) is 5.91 Å². The van der Waals surface area contributed by atoms with E-state index in [1.165, 1.54) is 6.42 Å². The van der Waals surface area contributed by atoms with Crippen molar-refractivity contribution in [3.05, 3.63) is 0 Å². The number of carbonyl (C=O) groups excluding carboxylic acids is 1. The number of amides is 1. The summed E-state index contributed by atoms with van der Waals surface area (Å²) in [6.45, 7) is 4.88. The summed E-state index contributed by atoms with van der Waals surface area (Å²) < 4.78 is 0. The van der Waals surface area contributed by atoms with Crippen molar-refractivity contribution >= 4 is 5.91 Å². The highest BCUT2D eigenvalue weighted by Gasteiger charge is 2.35. The Morgan fingerprint density at radius 2 is 1.94 bits per heavy atom. The van der Waals surface area contributed by atoms with Gasteiger partial charge in [-0.05, 0) is 59.8 Å². The second kappa shape index (κ2) is 6.36. The molecular weight excluding hydrogens is 214 g/mol. The first-order valence-corrected chi connectivity index (χ1v) is 6.61. The lowest BCUT2D eigenvalue weighted by Gasteiger charge is -2.36. The smallest absolute Gasteiger partial charge is 0.242 e. The number of rotatable bonds is 5. The number of piperidine rings is 1. The molecule has 0 aromatic carbocycles. The summed E-state index contributed by atoms with van der Waals surface area (Å²) in [6, 6.07) is 0. The Balaban J connectivity index is 2.39. The molecule has 1 unspecified atom stereocenters. The quantitative estimate of drug-likeness (QED) is 0.778. The Kier molecular flexibility index (Phi) is 5.40. The van der Waals surface area contributed by atoms with E-state index in [4.69, 9.17) is 0 Å². The van der Waals surface area contributed by atoms with E-state index >= 15 is 0 Å². The molecule has 0 radical (unpaired) electrons. The maximum absolute atomic E-state index is 12.3. The fraction of sp³-hybridized carbons (Fsp3) is 0.923. The van der Waals surface area contributed by atoms with E-state index in [0.717, 1.165) is 38.9 Å². The second-order valence-electron chi connectivity index (χ2n) is 5.60. The largest absolute Gasteiger partial charge is 0.344 e. The molecule has 0 bridgehead atoms. The molecule has 0 aliphatic carbocycles. The number of nitrogens with one attached hydrogen (secondary N) is 1. The van der Waals surface area contributed by atoms with Crippen molar-refractivity contribution in [1.29, 1.82) is 0 Å². The molecular formula is C13H27N3O. The van der Waals surface area contributed by atoms with E-state index in [9.17, 15) is 4.79 Å². The SMILES string of the molecule is CN(C)CCCN(C)C(=O)C1(C)CCCCN1. The Hall–Kier alpha value is -0.610. The Morgan fingerprint density at radius 3 is 2.47 bits per heavy atom. The monoisotopic (exact) mass is 241 g/mol. The summed E-state index contributed by atoms with van der Waals surface area (Å²) in [5.74, 6) is 0.246. The molecule has 1 rings (SSSR count). The average molecular weight is 241 g/mol. The molecule has 1 fully saturated rings. The Morgan fingerprint density at radius 1 is 1.24 bits per heavy atom. The van der Waals surface area contributed by atoms with Crippen molar-refractivity contribution in [1.82, 2.24) is 15.1 Å². The van der Waals surface area contributed by atoms with Gasteiger partial charge in [0.1, 0.15) is 0 Å². The van der Waals surface area contributed by atoms with Crippen molar-refractivity contribution in [3.63, 3.8) is 0 Å². The van der Waals surface area contributed by atoms with Gasteiger partial charge in [-0.25, -0.2) is 0 Å². The van der Waals surface area contributed by atoms with Crippen LogP contribution in [0.1, 0.15) is 32.6 Å². The zero-order valence-corrected chi connectivity index (χ0v) is 11.8. The highest BCUT2D eigenvalue weighted by atomic mass is 16.2. The molecule has 100 valence electrons. The zero-order valence-electron chi connectivity index (χ0n) is 11.8. The van der Waals surface area contributed by atoms with Crippen LogP contribution in [0.3, 0.4) is 0 Å². The fourth-order valence-corrected chi connectivity index (χ4v) is 2.39. The molecule has 1 saturated heterocycles. The van der Waals surface area contributed by atoms with E-state index in [1.807, 2.05) is 18.9 Å². The molecule has 1 N–H and O–H groups in total. The summed E-state index contributed by atoms with van der Waals surface area (Å²) in [7, 11) is 6.04. The molecule has 1 atom stereocenters. The van der Waals surface area contributed by atoms with Crippen LogP contribution >= 0.6 is 0 Å². The Bertz CT molecular complexity index is 247. The molecule has 1 heterocycles.